The van der Waals surface area contributed by atoms with Crippen LogP contribution in [0.15, 0.2) is 24.3 Å². The summed E-state index contributed by atoms with van der Waals surface area (Å²) >= 11 is 0. The van der Waals surface area contributed by atoms with Crippen molar-refractivity contribution in [3.63, 3.8) is 0 Å². The van der Waals surface area contributed by atoms with E-state index in [-0.39, 0.29) is 11.8 Å². The van der Waals surface area contributed by atoms with Gasteiger partial charge < -0.3 is 14.9 Å². The summed E-state index contributed by atoms with van der Waals surface area (Å²) in [6.07, 6.45) is 0.248. The first-order valence-electron chi connectivity index (χ1n) is 6.80. The van der Waals surface area contributed by atoms with Crippen LogP contribution in [0.3, 0.4) is 0 Å². The summed E-state index contributed by atoms with van der Waals surface area (Å²) in [5, 5.41) is 20.7. The Morgan fingerprint density at radius 1 is 1.37 bits per heavy atom. The molecule has 4 nitrogen and oxygen atoms in total. The summed E-state index contributed by atoms with van der Waals surface area (Å²) in [4.78, 5) is 11.7. The van der Waals surface area contributed by atoms with E-state index in [0.29, 0.717) is 18.4 Å². The van der Waals surface area contributed by atoms with E-state index in [1.807, 2.05) is 6.92 Å². The predicted octanol–water partition coefficient (Wildman–Crippen LogP) is 1.18. The third kappa shape index (κ3) is 1.56. The van der Waals surface area contributed by atoms with Gasteiger partial charge in [0.15, 0.2) is 0 Å². The molecular weight excluding hydrogens is 244 g/mol. The lowest BCUT2D eigenvalue weighted by atomic mass is 9.53. The highest BCUT2D eigenvalue weighted by Gasteiger charge is 2.61. The maximum Gasteiger partial charge on any atom is 0.334 e. The monoisotopic (exact) mass is 264 g/mol. The molecule has 3 aliphatic rings. The first-order valence-corrected chi connectivity index (χ1v) is 6.80. The standard InChI is InChI=1S/C15H20O4/c1-7-4-5-10(17)15(3)6-9(16)11-8(2)14(18)19-13(11)12(7)15/h9-13,16-17H,1-2,4-6H2,3H3/t9-,10+,11+,12?,13-,15-/m0/s1. The van der Waals surface area contributed by atoms with Gasteiger partial charge in [-0.25, -0.2) is 4.79 Å². The van der Waals surface area contributed by atoms with Crippen molar-refractivity contribution in [2.45, 2.75) is 44.5 Å². The molecule has 6 atom stereocenters. The Bertz CT molecular complexity index is 469. The molecule has 2 N–H and O–H groups in total. The number of aliphatic hydroxyl groups excluding tert-OH is 2. The zero-order valence-electron chi connectivity index (χ0n) is 11.1. The van der Waals surface area contributed by atoms with Crippen molar-refractivity contribution < 1.29 is 19.7 Å². The zero-order valence-corrected chi connectivity index (χ0v) is 11.1. The molecule has 0 bridgehead atoms. The number of rotatable bonds is 0. The Balaban J connectivity index is 2.05. The normalized spacial score (nSPS) is 49.6. The van der Waals surface area contributed by atoms with Gasteiger partial charge in [0.2, 0.25) is 0 Å². The van der Waals surface area contributed by atoms with Crippen LogP contribution in [0.2, 0.25) is 0 Å². The molecule has 19 heavy (non-hydrogen) atoms. The molecule has 0 aromatic heterocycles. The van der Waals surface area contributed by atoms with Crippen molar-refractivity contribution >= 4 is 5.97 Å². The van der Waals surface area contributed by atoms with Crippen LogP contribution in [-0.4, -0.2) is 34.5 Å². The Hall–Kier alpha value is -1.13. The van der Waals surface area contributed by atoms with Gasteiger partial charge in [-0.15, -0.1) is 0 Å². The number of esters is 1. The fourth-order valence-corrected chi connectivity index (χ4v) is 4.26. The summed E-state index contributed by atoms with van der Waals surface area (Å²) in [6, 6.07) is 0. The molecule has 0 spiro atoms. The van der Waals surface area contributed by atoms with Crippen molar-refractivity contribution in [2.24, 2.45) is 17.3 Å². The second kappa shape index (κ2) is 3.93. The molecule has 1 saturated heterocycles. The quantitative estimate of drug-likeness (QED) is 0.392. The highest BCUT2D eigenvalue weighted by atomic mass is 16.6. The largest absolute Gasteiger partial charge is 0.458 e. The van der Waals surface area contributed by atoms with Crippen molar-refractivity contribution in [2.75, 3.05) is 0 Å². The first kappa shape index (κ1) is 12.9. The molecule has 3 rings (SSSR count). The third-order valence-corrected chi connectivity index (χ3v) is 5.30. The van der Waals surface area contributed by atoms with E-state index in [1.165, 1.54) is 0 Å². The number of fused-ring (bicyclic) bond motifs is 3. The van der Waals surface area contributed by atoms with E-state index in [4.69, 9.17) is 4.74 Å². The Labute approximate surface area is 112 Å². The number of hydrogen-bond acceptors (Lipinski definition) is 4. The van der Waals surface area contributed by atoms with Crippen LogP contribution in [0.1, 0.15) is 26.2 Å². The smallest absolute Gasteiger partial charge is 0.334 e. The second-order valence-corrected chi connectivity index (χ2v) is 6.39. The lowest BCUT2D eigenvalue weighted by Gasteiger charge is -2.54. The van der Waals surface area contributed by atoms with Crippen LogP contribution in [-0.2, 0) is 9.53 Å². The van der Waals surface area contributed by atoms with Gasteiger partial charge in [0, 0.05) is 16.9 Å². The third-order valence-electron chi connectivity index (χ3n) is 5.30. The van der Waals surface area contributed by atoms with Crippen LogP contribution >= 0.6 is 0 Å². The zero-order chi connectivity index (χ0) is 13.9. The summed E-state index contributed by atoms with van der Waals surface area (Å²) in [5.41, 5.74) is 0.894. The van der Waals surface area contributed by atoms with E-state index in [1.54, 1.807) is 0 Å². The van der Waals surface area contributed by atoms with Crippen LogP contribution in [0, 0.1) is 17.3 Å². The van der Waals surface area contributed by atoms with E-state index in [0.717, 1.165) is 12.0 Å². The van der Waals surface area contributed by atoms with Gasteiger partial charge in [0.25, 0.3) is 0 Å². The van der Waals surface area contributed by atoms with Crippen molar-refractivity contribution in [3.8, 4) is 0 Å². The number of carbonyl (C=O) groups excluding carboxylic acids is 1. The fourth-order valence-electron chi connectivity index (χ4n) is 4.26. The van der Waals surface area contributed by atoms with Crippen molar-refractivity contribution in [1.29, 1.82) is 0 Å². The molecule has 0 radical (unpaired) electrons. The van der Waals surface area contributed by atoms with E-state index >= 15 is 0 Å². The molecule has 0 aromatic carbocycles. The lowest BCUT2D eigenvalue weighted by Crippen LogP contribution is -2.57. The average molecular weight is 264 g/mol. The van der Waals surface area contributed by atoms with Crippen LogP contribution < -0.4 is 0 Å². The van der Waals surface area contributed by atoms with Crippen molar-refractivity contribution in [3.05, 3.63) is 24.3 Å². The summed E-state index contributed by atoms with van der Waals surface area (Å²) in [6.45, 7) is 9.81. The van der Waals surface area contributed by atoms with Gasteiger partial charge >= 0.3 is 5.97 Å². The molecule has 4 heteroatoms. The number of aliphatic hydroxyl groups is 2. The van der Waals surface area contributed by atoms with E-state index in [9.17, 15) is 15.0 Å². The van der Waals surface area contributed by atoms with Gasteiger partial charge in [-0.2, -0.15) is 0 Å². The minimum atomic E-state index is -0.689. The second-order valence-electron chi connectivity index (χ2n) is 6.39. The summed E-state index contributed by atoms with van der Waals surface area (Å²) in [7, 11) is 0. The lowest BCUT2D eigenvalue weighted by molar-refractivity contribution is -0.161. The molecule has 3 fully saturated rings. The number of ether oxygens (including phenoxy) is 1. The number of hydrogen-bond donors (Lipinski definition) is 2. The van der Waals surface area contributed by atoms with Crippen LogP contribution in [0.25, 0.3) is 0 Å². The maximum absolute atomic E-state index is 11.7. The minimum absolute atomic E-state index is 0.0900. The summed E-state index contributed by atoms with van der Waals surface area (Å²) in [5.74, 6) is -0.869. The molecule has 0 aromatic rings. The van der Waals surface area contributed by atoms with E-state index in [2.05, 4.69) is 13.2 Å². The molecule has 104 valence electrons. The predicted molar refractivity (Wildman–Crippen MR) is 69.1 cm³/mol. The van der Waals surface area contributed by atoms with Gasteiger partial charge in [0.1, 0.15) is 6.10 Å². The maximum atomic E-state index is 11.7. The first-order chi connectivity index (χ1) is 8.86. The molecule has 1 heterocycles. The highest BCUT2D eigenvalue weighted by Crippen LogP contribution is 2.57. The van der Waals surface area contributed by atoms with Gasteiger partial charge in [0.05, 0.1) is 18.1 Å². The van der Waals surface area contributed by atoms with Gasteiger partial charge in [-0.3, -0.25) is 0 Å². The van der Waals surface area contributed by atoms with Gasteiger partial charge in [-0.1, -0.05) is 25.7 Å². The molecule has 1 unspecified atom stereocenters. The Kier molecular flexibility index (Phi) is 2.67. The average Bonchev–Trinajstić information content (AvgIpc) is 2.61. The Morgan fingerprint density at radius 3 is 2.74 bits per heavy atom. The fraction of sp³-hybridized carbons (Fsp3) is 0.667. The molecule has 0 amide bonds. The molecule has 2 saturated carbocycles. The van der Waals surface area contributed by atoms with Gasteiger partial charge in [-0.05, 0) is 19.3 Å². The SMILES string of the molecule is C=C1CC[C@@H](O)[C@]2(C)C[C@H](O)[C@H]3C(=C)C(=O)O[C@@H]3C12. The highest BCUT2D eigenvalue weighted by molar-refractivity contribution is 5.91. The molecule has 2 aliphatic carbocycles. The summed E-state index contributed by atoms with van der Waals surface area (Å²) < 4.78 is 5.43. The van der Waals surface area contributed by atoms with E-state index < -0.39 is 29.7 Å². The molecule has 1 aliphatic heterocycles. The molecular formula is C15H20O4. The van der Waals surface area contributed by atoms with Crippen LogP contribution in [0.4, 0.5) is 0 Å². The minimum Gasteiger partial charge on any atom is -0.458 e. The van der Waals surface area contributed by atoms with Crippen molar-refractivity contribution in [1.82, 2.24) is 0 Å². The topological polar surface area (TPSA) is 66.8 Å². The Morgan fingerprint density at radius 2 is 2.05 bits per heavy atom. The number of carbonyl (C=O) groups is 1. The van der Waals surface area contributed by atoms with Crippen LogP contribution in [0.5, 0.6) is 0 Å².